The van der Waals surface area contributed by atoms with Crippen molar-refractivity contribution in [2.45, 2.75) is 33.1 Å². The van der Waals surface area contributed by atoms with Crippen molar-refractivity contribution >= 4 is 0 Å². The van der Waals surface area contributed by atoms with E-state index in [2.05, 4.69) is 68.9 Å². The van der Waals surface area contributed by atoms with Crippen LogP contribution in [0.2, 0.25) is 0 Å². The molecule has 1 aliphatic rings. The molecule has 1 aromatic carbocycles. The fourth-order valence-electron chi connectivity index (χ4n) is 2.96. The highest BCUT2D eigenvalue weighted by Gasteiger charge is 2.39. The summed E-state index contributed by atoms with van der Waals surface area (Å²) < 4.78 is 2.31. The molecule has 0 radical (unpaired) electrons. The normalized spacial score (nSPS) is 21.5. The van der Waals surface area contributed by atoms with Crippen molar-refractivity contribution in [3.05, 3.63) is 53.3 Å². The van der Waals surface area contributed by atoms with Gasteiger partial charge in [-0.1, -0.05) is 25.1 Å². The Balaban J connectivity index is 2.02. The molecule has 3 rings (SSSR count). The molecule has 1 saturated carbocycles. The van der Waals surface area contributed by atoms with Crippen molar-refractivity contribution in [1.82, 2.24) is 0 Å². The van der Waals surface area contributed by atoms with Crippen LogP contribution in [0.3, 0.4) is 0 Å². The van der Waals surface area contributed by atoms with E-state index in [1.807, 2.05) is 0 Å². The van der Waals surface area contributed by atoms with Crippen LogP contribution in [0, 0.1) is 19.8 Å². The van der Waals surface area contributed by atoms with Crippen LogP contribution < -0.4 is 4.57 Å². The first-order valence-corrected chi connectivity index (χ1v) is 7.14. The number of aryl methyl sites for hydroxylation is 2. The Morgan fingerprint density at radius 2 is 1.84 bits per heavy atom. The summed E-state index contributed by atoms with van der Waals surface area (Å²) in [7, 11) is 2.18. The van der Waals surface area contributed by atoms with Gasteiger partial charge in [-0.15, -0.1) is 0 Å². The first-order valence-electron chi connectivity index (χ1n) is 7.14. The summed E-state index contributed by atoms with van der Waals surface area (Å²) >= 11 is 0. The number of pyridine rings is 1. The second-order valence-corrected chi connectivity index (χ2v) is 6.02. The van der Waals surface area contributed by atoms with Gasteiger partial charge in [0.15, 0.2) is 11.9 Å². The maximum Gasteiger partial charge on any atom is 0.184 e. The van der Waals surface area contributed by atoms with Crippen LogP contribution in [0.15, 0.2) is 36.5 Å². The van der Waals surface area contributed by atoms with E-state index in [1.54, 1.807) is 0 Å². The predicted molar refractivity (Wildman–Crippen MR) is 79.1 cm³/mol. The van der Waals surface area contributed by atoms with Gasteiger partial charge < -0.3 is 0 Å². The molecule has 1 nitrogen and oxygen atoms in total. The Labute approximate surface area is 115 Å². The minimum Gasteiger partial charge on any atom is -0.204 e. The van der Waals surface area contributed by atoms with E-state index in [-0.39, 0.29) is 0 Å². The van der Waals surface area contributed by atoms with Crippen molar-refractivity contribution in [3.63, 3.8) is 0 Å². The van der Waals surface area contributed by atoms with Crippen molar-refractivity contribution < 1.29 is 4.57 Å². The number of hydrogen-bond donors (Lipinski definition) is 0. The van der Waals surface area contributed by atoms with Crippen LogP contribution in [0.25, 0.3) is 11.1 Å². The number of aromatic nitrogens is 1. The zero-order valence-electron chi connectivity index (χ0n) is 12.3. The lowest BCUT2D eigenvalue weighted by Crippen LogP contribution is -2.33. The van der Waals surface area contributed by atoms with Gasteiger partial charge in [0, 0.05) is 17.5 Å². The molecule has 0 spiro atoms. The molecule has 0 amide bonds. The molecule has 0 bridgehead atoms. The molecule has 19 heavy (non-hydrogen) atoms. The van der Waals surface area contributed by atoms with E-state index >= 15 is 0 Å². The van der Waals surface area contributed by atoms with Crippen LogP contribution in [0.1, 0.15) is 36.1 Å². The maximum atomic E-state index is 2.34. The Morgan fingerprint density at radius 1 is 1.11 bits per heavy atom. The Morgan fingerprint density at radius 3 is 2.47 bits per heavy atom. The summed E-state index contributed by atoms with van der Waals surface area (Å²) in [6.07, 6.45) is 3.62. The van der Waals surface area contributed by atoms with E-state index in [9.17, 15) is 0 Å². The number of rotatable bonds is 2. The largest absolute Gasteiger partial charge is 0.204 e. The van der Waals surface area contributed by atoms with Gasteiger partial charge in [-0.3, -0.25) is 0 Å². The Bertz CT molecular complexity index is 628. The highest BCUT2D eigenvalue weighted by Crippen LogP contribution is 2.45. The van der Waals surface area contributed by atoms with Gasteiger partial charge in [-0.2, -0.15) is 0 Å². The summed E-state index contributed by atoms with van der Waals surface area (Å²) in [6, 6.07) is 11.1. The molecule has 0 saturated heterocycles. The lowest BCUT2D eigenvalue weighted by molar-refractivity contribution is -0.679. The molecule has 0 aliphatic heterocycles. The van der Waals surface area contributed by atoms with Gasteiger partial charge >= 0.3 is 0 Å². The van der Waals surface area contributed by atoms with E-state index < -0.39 is 0 Å². The summed E-state index contributed by atoms with van der Waals surface area (Å²) in [4.78, 5) is 0. The molecule has 2 aromatic rings. The topological polar surface area (TPSA) is 3.88 Å². The SMILES string of the molecule is Cc1cccc(-c2ccc(C3CC3C)[n+](C)c2)c1C. The van der Waals surface area contributed by atoms with Crippen LogP contribution in [0.4, 0.5) is 0 Å². The first kappa shape index (κ1) is 12.4. The Hall–Kier alpha value is -1.63. The third-order valence-electron chi connectivity index (χ3n) is 4.58. The van der Waals surface area contributed by atoms with Gasteiger partial charge in [0.1, 0.15) is 7.05 Å². The summed E-state index contributed by atoms with van der Waals surface area (Å²) in [5.74, 6) is 1.63. The molecular weight excluding hydrogens is 230 g/mol. The third kappa shape index (κ3) is 2.18. The van der Waals surface area contributed by atoms with E-state index in [0.717, 1.165) is 11.8 Å². The lowest BCUT2D eigenvalue weighted by atomic mass is 9.98. The van der Waals surface area contributed by atoms with Gasteiger partial charge in [-0.05, 0) is 48.9 Å². The minimum absolute atomic E-state index is 0.776. The van der Waals surface area contributed by atoms with Crippen molar-refractivity contribution in [2.75, 3.05) is 0 Å². The smallest absolute Gasteiger partial charge is 0.184 e. The van der Waals surface area contributed by atoms with Gasteiger partial charge in [0.05, 0.1) is 0 Å². The van der Waals surface area contributed by atoms with Crippen molar-refractivity contribution in [2.24, 2.45) is 13.0 Å². The van der Waals surface area contributed by atoms with Gasteiger partial charge in [0.2, 0.25) is 0 Å². The third-order valence-corrected chi connectivity index (χ3v) is 4.58. The predicted octanol–water partition coefficient (Wildman–Crippen LogP) is 3.92. The molecule has 2 unspecified atom stereocenters. The molecule has 1 aromatic heterocycles. The average molecular weight is 252 g/mol. The maximum absolute atomic E-state index is 2.34. The zero-order valence-corrected chi connectivity index (χ0v) is 12.3. The van der Waals surface area contributed by atoms with E-state index in [1.165, 1.54) is 34.4 Å². The molecule has 1 aliphatic carbocycles. The van der Waals surface area contributed by atoms with E-state index in [4.69, 9.17) is 0 Å². The van der Waals surface area contributed by atoms with E-state index in [0.29, 0.717) is 0 Å². The quantitative estimate of drug-likeness (QED) is 0.713. The first-order chi connectivity index (χ1) is 9.08. The summed E-state index contributed by atoms with van der Waals surface area (Å²) in [5, 5.41) is 0. The molecule has 1 heteroatoms. The molecule has 1 heterocycles. The summed E-state index contributed by atoms with van der Waals surface area (Å²) in [6.45, 7) is 6.73. The fourth-order valence-corrected chi connectivity index (χ4v) is 2.96. The molecular formula is C18H22N+. The second-order valence-electron chi connectivity index (χ2n) is 6.02. The second kappa shape index (κ2) is 4.48. The Kier molecular flexibility index (Phi) is 2.93. The van der Waals surface area contributed by atoms with Crippen molar-refractivity contribution in [1.29, 1.82) is 0 Å². The monoisotopic (exact) mass is 252 g/mol. The number of benzene rings is 1. The molecule has 2 atom stereocenters. The van der Waals surface area contributed by atoms with Crippen LogP contribution >= 0.6 is 0 Å². The number of nitrogens with zero attached hydrogens (tertiary/aromatic N) is 1. The lowest BCUT2D eigenvalue weighted by Gasteiger charge is -2.08. The van der Waals surface area contributed by atoms with Crippen LogP contribution in [-0.2, 0) is 7.05 Å². The molecule has 0 N–H and O–H groups in total. The van der Waals surface area contributed by atoms with Crippen molar-refractivity contribution in [3.8, 4) is 11.1 Å². The highest BCUT2D eigenvalue weighted by atomic mass is 14.9. The standard InChI is InChI=1S/C18H22N/c1-12-6-5-7-16(14(12)3)15-8-9-18(19(4)11-15)17-10-13(17)2/h5-9,11,13,17H,10H2,1-4H3/q+1. The number of hydrogen-bond acceptors (Lipinski definition) is 0. The van der Waals surface area contributed by atoms with Crippen LogP contribution in [-0.4, -0.2) is 0 Å². The zero-order chi connectivity index (χ0) is 13.6. The minimum atomic E-state index is 0.776. The van der Waals surface area contributed by atoms with Gasteiger partial charge in [-0.25, -0.2) is 4.57 Å². The highest BCUT2D eigenvalue weighted by molar-refractivity contribution is 5.67. The molecule has 98 valence electrons. The van der Waals surface area contributed by atoms with Gasteiger partial charge in [0.25, 0.3) is 0 Å². The average Bonchev–Trinajstić information content (AvgIpc) is 3.09. The fraction of sp³-hybridized carbons (Fsp3) is 0.389. The summed E-state index contributed by atoms with van der Waals surface area (Å²) in [5.41, 5.74) is 6.89. The molecule has 1 fully saturated rings. The van der Waals surface area contributed by atoms with Crippen LogP contribution in [0.5, 0.6) is 0 Å².